The first-order valence-corrected chi connectivity index (χ1v) is 10.3. The minimum Gasteiger partial charge on any atom is -0.484 e. The molecule has 0 aliphatic carbocycles. The van der Waals surface area contributed by atoms with Crippen LogP contribution in [0.2, 0.25) is 0 Å². The van der Waals surface area contributed by atoms with Gasteiger partial charge in [-0.15, -0.1) is 0 Å². The van der Waals surface area contributed by atoms with E-state index >= 15 is 0 Å². The van der Waals surface area contributed by atoms with Crippen molar-refractivity contribution < 1.29 is 23.5 Å². The van der Waals surface area contributed by atoms with Gasteiger partial charge >= 0.3 is 0 Å². The fourth-order valence-corrected chi connectivity index (χ4v) is 3.64. The molecule has 0 spiro atoms. The Morgan fingerprint density at radius 2 is 2.00 bits per heavy atom. The van der Waals surface area contributed by atoms with Gasteiger partial charge in [0.05, 0.1) is 4.91 Å². The van der Waals surface area contributed by atoms with Crippen LogP contribution >= 0.6 is 11.8 Å². The number of rotatable bonds is 8. The average molecular weight is 428 g/mol. The predicted molar refractivity (Wildman–Crippen MR) is 113 cm³/mol. The highest BCUT2D eigenvalue weighted by atomic mass is 32.2. The summed E-state index contributed by atoms with van der Waals surface area (Å²) in [6.07, 6.45) is 2.23. The number of hydrogen-bond acceptors (Lipinski definition) is 5. The number of hydrogen-bond donors (Lipinski definition) is 1. The summed E-state index contributed by atoms with van der Waals surface area (Å²) in [5.41, 5.74) is 1.34. The van der Waals surface area contributed by atoms with Gasteiger partial charge in [0, 0.05) is 18.7 Å². The lowest BCUT2D eigenvalue weighted by Crippen LogP contribution is -2.38. The number of carbonyl (C=O) groups is 3. The number of halogens is 1. The largest absolute Gasteiger partial charge is 0.484 e. The van der Waals surface area contributed by atoms with Gasteiger partial charge in [0.1, 0.15) is 11.6 Å². The number of nitrogens with zero attached hydrogens (tertiary/aromatic N) is 1. The maximum atomic E-state index is 13.8. The Labute approximate surface area is 178 Å². The van der Waals surface area contributed by atoms with Crippen molar-refractivity contribution in [3.63, 3.8) is 0 Å². The summed E-state index contributed by atoms with van der Waals surface area (Å²) >= 11 is 0.750. The van der Waals surface area contributed by atoms with Crippen molar-refractivity contribution in [2.24, 2.45) is 0 Å². The van der Waals surface area contributed by atoms with E-state index in [1.54, 1.807) is 18.2 Å². The van der Waals surface area contributed by atoms with E-state index in [1.165, 1.54) is 18.2 Å². The van der Waals surface area contributed by atoms with Gasteiger partial charge in [-0.3, -0.25) is 19.3 Å². The van der Waals surface area contributed by atoms with Gasteiger partial charge in [0.25, 0.3) is 17.1 Å². The second-order valence-corrected chi connectivity index (χ2v) is 7.49. The summed E-state index contributed by atoms with van der Waals surface area (Å²) in [6.45, 7) is 1.99. The molecule has 0 bridgehead atoms. The molecule has 3 amide bonds. The van der Waals surface area contributed by atoms with Gasteiger partial charge in [-0.1, -0.05) is 37.3 Å². The first kappa shape index (κ1) is 21.6. The van der Waals surface area contributed by atoms with Crippen LogP contribution in [0.5, 0.6) is 5.75 Å². The van der Waals surface area contributed by atoms with E-state index in [1.807, 2.05) is 25.1 Å². The van der Waals surface area contributed by atoms with Gasteiger partial charge in [-0.2, -0.15) is 0 Å². The monoisotopic (exact) mass is 428 g/mol. The number of imide groups is 1. The van der Waals surface area contributed by atoms with E-state index in [-0.39, 0.29) is 36.1 Å². The Kier molecular flexibility index (Phi) is 7.24. The molecular formula is C22H21FN2O4S. The van der Waals surface area contributed by atoms with Crippen molar-refractivity contribution >= 4 is 34.9 Å². The SMILES string of the molecule is CCc1cccc(OCC(=O)NCCN2C(=O)S/C(=C\c3ccccc3F)C2=O)c1. The molecular weight excluding hydrogens is 407 g/mol. The molecule has 0 atom stereocenters. The summed E-state index contributed by atoms with van der Waals surface area (Å²) in [5.74, 6) is -0.726. The number of benzene rings is 2. The first-order valence-electron chi connectivity index (χ1n) is 9.46. The van der Waals surface area contributed by atoms with Crippen LogP contribution in [0, 0.1) is 5.82 Å². The summed E-state index contributed by atoms with van der Waals surface area (Å²) in [5, 5.41) is 2.17. The smallest absolute Gasteiger partial charge is 0.293 e. The molecule has 3 rings (SSSR count). The fourth-order valence-electron chi connectivity index (χ4n) is 2.79. The molecule has 2 aromatic rings. The Morgan fingerprint density at radius 1 is 1.20 bits per heavy atom. The van der Waals surface area contributed by atoms with Gasteiger partial charge in [0.2, 0.25) is 0 Å². The van der Waals surface area contributed by atoms with Gasteiger partial charge in [-0.25, -0.2) is 4.39 Å². The number of aryl methyl sites for hydroxylation is 1. The molecule has 1 fully saturated rings. The molecule has 1 N–H and O–H groups in total. The third kappa shape index (κ3) is 5.48. The van der Waals surface area contributed by atoms with Crippen molar-refractivity contribution in [2.45, 2.75) is 13.3 Å². The minimum atomic E-state index is -0.505. The first-order chi connectivity index (χ1) is 14.5. The topological polar surface area (TPSA) is 75.7 Å². The summed E-state index contributed by atoms with van der Waals surface area (Å²) in [6, 6.07) is 13.5. The lowest BCUT2D eigenvalue weighted by atomic mass is 10.2. The van der Waals surface area contributed by atoms with Crippen molar-refractivity contribution in [1.82, 2.24) is 10.2 Å². The quantitative estimate of drug-likeness (QED) is 0.650. The number of carbonyl (C=O) groups excluding carboxylic acids is 3. The van der Waals surface area contributed by atoms with Crippen LogP contribution in [0.1, 0.15) is 18.1 Å². The zero-order valence-electron chi connectivity index (χ0n) is 16.4. The molecule has 0 unspecified atom stereocenters. The molecule has 8 heteroatoms. The molecule has 1 aliphatic rings. The molecule has 6 nitrogen and oxygen atoms in total. The van der Waals surface area contributed by atoms with Crippen LogP contribution in [0.4, 0.5) is 9.18 Å². The highest BCUT2D eigenvalue weighted by Crippen LogP contribution is 2.32. The Balaban J connectivity index is 1.48. The van der Waals surface area contributed by atoms with E-state index in [9.17, 15) is 18.8 Å². The van der Waals surface area contributed by atoms with Crippen molar-refractivity contribution in [2.75, 3.05) is 19.7 Å². The predicted octanol–water partition coefficient (Wildman–Crippen LogP) is 3.62. The van der Waals surface area contributed by atoms with Crippen LogP contribution in [0.25, 0.3) is 6.08 Å². The highest BCUT2D eigenvalue weighted by Gasteiger charge is 2.34. The number of amides is 3. The summed E-state index contributed by atoms with van der Waals surface area (Å²) in [7, 11) is 0. The van der Waals surface area contributed by atoms with Crippen molar-refractivity contribution in [1.29, 1.82) is 0 Å². The van der Waals surface area contributed by atoms with Crippen LogP contribution in [-0.4, -0.2) is 41.6 Å². The van der Waals surface area contributed by atoms with Crippen LogP contribution in [0.15, 0.2) is 53.4 Å². The van der Waals surface area contributed by atoms with E-state index in [0.29, 0.717) is 5.75 Å². The summed E-state index contributed by atoms with van der Waals surface area (Å²) < 4.78 is 19.2. The zero-order chi connectivity index (χ0) is 21.5. The maximum Gasteiger partial charge on any atom is 0.293 e. The van der Waals surface area contributed by atoms with Gasteiger partial charge in [0.15, 0.2) is 6.61 Å². The van der Waals surface area contributed by atoms with E-state index in [2.05, 4.69) is 5.32 Å². The van der Waals surface area contributed by atoms with Gasteiger partial charge in [-0.05, 0) is 48.0 Å². The molecule has 0 aromatic heterocycles. The molecule has 1 saturated heterocycles. The lowest BCUT2D eigenvalue weighted by Gasteiger charge is -2.13. The van der Waals surface area contributed by atoms with Crippen LogP contribution in [0.3, 0.4) is 0 Å². The normalized spacial score (nSPS) is 15.0. The Bertz CT molecular complexity index is 993. The minimum absolute atomic E-state index is 0.0241. The molecule has 0 radical (unpaired) electrons. The van der Waals surface area contributed by atoms with Gasteiger partial charge < -0.3 is 10.1 Å². The number of thioether (sulfide) groups is 1. The maximum absolute atomic E-state index is 13.8. The lowest BCUT2D eigenvalue weighted by molar-refractivity contribution is -0.125. The Morgan fingerprint density at radius 3 is 2.77 bits per heavy atom. The molecule has 0 saturated carbocycles. The van der Waals surface area contributed by atoms with Crippen LogP contribution < -0.4 is 10.1 Å². The zero-order valence-corrected chi connectivity index (χ0v) is 17.2. The standard InChI is InChI=1S/C22H21FN2O4S/c1-2-15-6-5-8-17(12-15)29-14-20(26)24-10-11-25-21(27)19(30-22(25)28)13-16-7-3-4-9-18(16)23/h3-9,12-13H,2,10-11,14H2,1H3,(H,24,26)/b19-13-. The second-order valence-electron chi connectivity index (χ2n) is 6.49. The van der Waals surface area contributed by atoms with Crippen LogP contribution in [-0.2, 0) is 16.0 Å². The molecule has 30 heavy (non-hydrogen) atoms. The third-order valence-electron chi connectivity index (χ3n) is 4.40. The van der Waals surface area contributed by atoms with Crippen molar-refractivity contribution in [3.05, 3.63) is 70.4 Å². The molecule has 1 heterocycles. The second kappa shape index (κ2) is 10.1. The van der Waals surface area contributed by atoms with E-state index in [4.69, 9.17) is 4.74 Å². The molecule has 1 aliphatic heterocycles. The number of nitrogens with one attached hydrogen (secondary N) is 1. The summed E-state index contributed by atoms with van der Waals surface area (Å²) in [4.78, 5) is 37.7. The Hall–Kier alpha value is -3.13. The fraction of sp³-hybridized carbons (Fsp3) is 0.227. The molecule has 156 valence electrons. The van der Waals surface area contributed by atoms with E-state index < -0.39 is 17.0 Å². The number of ether oxygens (including phenoxy) is 1. The third-order valence-corrected chi connectivity index (χ3v) is 5.31. The molecule has 2 aromatic carbocycles. The van der Waals surface area contributed by atoms with E-state index in [0.717, 1.165) is 28.6 Å². The average Bonchev–Trinajstić information content (AvgIpc) is 3.01. The highest BCUT2D eigenvalue weighted by molar-refractivity contribution is 8.18. The van der Waals surface area contributed by atoms with Crippen molar-refractivity contribution in [3.8, 4) is 5.75 Å².